The van der Waals surface area contributed by atoms with Gasteiger partial charge in [0.05, 0.1) is 17.3 Å². The van der Waals surface area contributed by atoms with Crippen LogP contribution in [0.25, 0.3) is 0 Å². The highest BCUT2D eigenvalue weighted by Gasteiger charge is 2.13. The third kappa shape index (κ3) is 8.74. The first-order chi connectivity index (χ1) is 11.5. The van der Waals surface area contributed by atoms with Gasteiger partial charge < -0.3 is 0 Å². The predicted octanol–water partition coefficient (Wildman–Crippen LogP) is -0.905. The first-order valence-electron chi connectivity index (χ1n) is 7.42. The van der Waals surface area contributed by atoms with E-state index >= 15 is 0 Å². The molecule has 12 heteroatoms. The van der Waals surface area contributed by atoms with Crippen LogP contribution in [0.2, 0.25) is 0 Å². The zero-order chi connectivity index (χ0) is 19.1. The Labute approximate surface area is 149 Å². The molecule has 1 aromatic carbocycles. The Hall–Kier alpha value is -1.05. The maximum absolute atomic E-state index is 11.8. The molecule has 1 rings (SSSR count). The lowest BCUT2D eigenvalue weighted by molar-refractivity contribution is 0.575. The summed E-state index contributed by atoms with van der Waals surface area (Å²) in [5.41, 5.74) is 1.23. The fourth-order valence-corrected chi connectivity index (χ4v) is 4.17. The number of nitrogens with one attached hydrogen (secondary N) is 3. The molecule has 1 aromatic rings. The monoisotopic (exact) mass is 413 g/mol. The van der Waals surface area contributed by atoms with Crippen molar-refractivity contribution in [2.75, 3.05) is 25.1 Å². The van der Waals surface area contributed by atoms with Gasteiger partial charge >= 0.3 is 0 Å². The molecule has 0 heterocycles. The molecule has 0 aromatic heterocycles. The molecule has 144 valence electrons. The van der Waals surface area contributed by atoms with Gasteiger partial charge in [-0.2, -0.15) is 0 Å². The van der Waals surface area contributed by atoms with Crippen molar-refractivity contribution in [2.24, 2.45) is 0 Å². The molecule has 0 spiro atoms. The molecule has 0 atom stereocenters. The first kappa shape index (κ1) is 22.0. The van der Waals surface area contributed by atoms with Crippen molar-refractivity contribution in [1.82, 2.24) is 14.2 Å². The van der Waals surface area contributed by atoms with E-state index in [1.807, 2.05) is 0 Å². The van der Waals surface area contributed by atoms with Gasteiger partial charge in [-0.25, -0.2) is 39.4 Å². The molecule has 0 saturated carbocycles. The molecule has 0 aliphatic carbocycles. The minimum Gasteiger partial charge on any atom is -0.218 e. The molecule has 0 unspecified atom stereocenters. The van der Waals surface area contributed by atoms with E-state index in [1.165, 1.54) is 14.0 Å². The van der Waals surface area contributed by atoms with E-state index in [9.17, 15) is 25.3 Å². The highest BCUT2D eigenvalue weighted by atomic mass is 32.2. The van der Waals surface area contributed by atoms with Crippen LogP contribution >= 0.6 is 0 Å². The molecule has 0 radical (unpaired) electrons. The Morgan fingerprint density at radius 2 is 1.36 bits per heavy atom. The van der Waals surface area contributed by atoms with Gasteiger partial charge in [0.25, 0.3) is 0 Å². The lowest BCUT2D eigenvalue weighted by atomic mass is 10.1. The summed E-state index contributed by atoms with van der Waals surface area (Å²) in [6, 6.07) is 6.47. The highest BCUT2D eigenvalue weighted by molar-refractivity contribution is 7.90. The first-order valence-corrected chi connectivity index (χ1v) is 12.4. The smallest absolute Gasteiger partial charge is 0.215 e. The second kappa shape index (κ2) is 9.05. The summed E-state index contributed by atoms with van der Waals surface area (Å²) in [7, 11) is -9.09. The van der Waals surface area contributed by atoms with Crippen LogP contribution in [-0.2, 0) is 42.4 Å². The largest absolute Gasteiger partial charge is 0.218 e. The zero-order valence-corrected chi connectivity index (χ0v) is 16.5. The van der Waals surface area contributed by atoms with Gasteiger partial charge in [0, 0.05) is 13.1 Å². The summed E-state index contributed by atoms with van der Waals surface area (Å²) in [4.78, 5) is 0. The van der Waals surface area contributed by atoms with E-state index in [4.69, 9.17) is 0 Å². The van der Waals surface area contributed by atoms with Crippen molar-refractivity contribution in [3.8, 4) is 0 Å². The summed E-state index contributed by atoms with van der Waals surface area (Å²) in [6.45, 7) is 1.29. The highest BCUT2D eigenvalue weighted by Crippen LogP contribution is 2.08. The Bertz CT molecular complexity index is 862. The summed E-state index contributed by atoms with van der Waals surface area (Å²) >= 11 is 0. The van der Waals surface area contributed by atoms with Crippen molar-refractivity contribution in [2.45, 2.75) is 19.2 Å². The lowest BCUT2D eigenvalue weighted by Gasteiger charge is -2.08. The molecule has 25 heavy (non-hydrogen) atoms. The van der Waals surface area contributed by atoms with Crippen molar-refractivity contribution in [3.63, 3.8) is 0 Å². The minimum absolute atomic E-state index is 0.0297. The predicted molar refractivity (Wildman–Crippen MR) is 96.2 cm³/mol. The van der Waals surface area contributed by atoms with Crippen molar-refractivity contribution in [1.29, 1.82) is 0 Å². The van der Waals surface area contributed by atoms with E-state index in [-0.39, 0.29) is 30.3 Å². The number of sulfonamides is 3. The van der Waals surface area contributed by atoms with E-state index < -0.39 is 30.1 Å². The van der Waals surface area contributed by atoms with Gasteiger partial charge in [-0.15, -0.1) is 0 Å². The SMILES string of the molecule is CCS(=O)(=O)NCCS(=O)(=O)NCc1ccc(CS(=O)(=O)NC)cc1. The Morgan fingerprint density at radius 1 is 0.800 bits per heavy atom. The maximum Gasteiger partial charge on any atom is 0.215 e. The van der Waals surface area contributed by atoms with Crippen LogP contribution in [0.4, 0.5) is 0 Å². The second-order valence-electron chi connectivity index (χ2n) is 5.22. The van der Waals surface area contributed by atoms with Gasteiger partial charge in [-0.1, -0.05) is 24.3 Å². The summed E-state index contributed by atoms with van der Waals surface area (Å²) in [5.74, 6) is -0.645. The minimum atomic E-state index is -3.64. The average molecular weight is 414 g/mol. The Kier molecular flexibility index (Phi) is 7.96. The van der Waals surface area contributed by atoms with Gasteiger partial charge in [-0.05, 0) is 25.1 Å². The third-order valence-electron chi connectivity index (χ3n) is 3.26. The van der Waals surface area contributed by atoms with Crippen LogP contribution in [0.3, 0.4) is 0 Å². The molecule has 0 amide bonds. The Morgan fingerprint density at radius 3 is 1.88 bits per heavy atom. The zero-order valence-electron chi connectivity index (χ0n) is 14.0. The van der Waals surface area contributed by atoms with Gasteiger partial charge in [0.15, 0.2) is 0 Å². The van der Waals surface area contributed by atoms with E-state index in [1.54, 1.807) is 24.3 Å². The topological polar surface area (TPSA) is 139 Å². The molecule has 0 bridgehead atoms. The van der Waals surface area contributed by atoms with Crippen LogP contribution in [0, 0.1) is 0 Å². The maximum atomic E-state index is 11.8. The Balaban J connectivity index is 2.54. The molecule has 0 aliphatic rings. The van der Waals surface area contributed by atoms with Crippen molar-refractivity contribution >= 4 is 30.1 Å². The molecule has 0 aliphatic heterocycles. The summed E-state index contributed by atoms with van der Waals surface area (Å²) in [5, 5.41) is 0. The van der Waals surface area contributed by atoms with Gasteiger partial charge in [0.2, 0.25) is 30.1 Å². The van der Waals surface area contributed by atoms with Gasteiger partial charge in [0.1, 0.15) is 0 Å². The van der Waals surface area contributed by atoms with Crippen LogP contribution in [0.5, 0.6) is 0 Å². The molecule has 9 nitrogen and oxygen atoms in total. The number of benzene rings is 1. The van der Waals surface area contributed by atoms with Crippen LogP contribution in [-0.4, -0.2) is 50.4 Å². The molecular weight excluding hydrogens is 390 g/mol. The fourth-order valence-electron chi connectivity index (χ4n) is 1.74. The third-order valence-corrected chi connectivity index (χ3v) is 7.32. The fraction of sp³-hybridized carbons (Fsp3) is 0.538. The summed E-state index contributed by atoms with van der Waals surface area (Å²) < 4.78 is 75.8. The number of hydrogen-bond donors (Lipinski definition) is 3. The summed E-state index contributed by atoms with van der Waals surface area (Å²) in [6.07, 6.45) is 0. The number of hydrogen-bond acceptors (Lipinski definition) is 6. The second-order valence-corrected chi connectivity index (χ2v) is 11.2. The quantitative estimate of drug-likeness (QED) is 0.429. The lowest BCUT2D eigenvalue weighted by Crippen LogP contribution is -2.34. The van der Waals surface area contributed by atoms with E-state index in [0.29, 0.717) is 11.1 Å². The number of rotatable bonds is 11. The molecule has 0 saturated heterocycles. The van der Waals surface area contributed by atoms with Crippen molar-refractivity contribution < 1.29 is 25.3 Å². The average Bonchev–Trinajstić information content (AvgIpc) is 2.53. The van der Waals surface area contributed by atoms with Crippen LogP contribution in [0.15, 0.2) is 24.3 Å². The van der Waals surface area contributed by atoms with E-state index in [2.05, 4.69) is 14.2 Å². The normalized spacial score (nSPS) is 13.0. The molecule has 3 N–H and O–H groups in total. The molecular formula is C13H23N3O6S3. The van der Waals surface area contributed by atoms with E-state index in [0.717, 1.165) is 0 Å². The standard InChI is InChI=1S/C13H23N3O6S3/c1-3-23(17,18)15-8-9-24(19,20)16-10-12-4-6-13(7-5-12)11-25(21,22)14-2/h4-7,14-16H,3,8-11H2,1-2H3. The van der Waals surface area contributed by atoms with Crippen LogP contribution < -0.4 is 14.2 Å². The van der Waals surface area contributed by atoms with Crippen LogP contribution in [0.1, 0.15) is 18.1 Å². The van der Waals surface area contributed by atoms with Gasteiger partial charge in [-0.3, -0.25) is 0 Å². The molecule has 0 fully saturated rings. The van der Waals surface area contributed by atoms with Crippen molar-refractivity contribution in [3.05, 3.63) is 35.4 Å².